The third-order valence-electron chi connectivity index (χ3n) is 2.05. The van der Waals surface area contributed by atoms with Crippen LogP contribution in [0.2, 0.25) is 0 Å². The van der Waals surface area contributed by atoms with E-state index in [1.165, 1.54) is 0 Å². The van der Waals surface area contributed by atoms with E-state index in [1.807, 2.05) is 19.1 Å². The molecule has 1 aromatic heterocycles. The minimum absolute atomic E-state index is 0.171. The number of hydrogen-bond donors (Lipinski definition) is 2. The number of phenols is 1. The molecule has 13 heavy (non-hydrogen) atoms. The van der Waals surface area contributed by atoms with Crippen LogP contribution in [0.4, 0.5) is 5.82 Å². The lowest BCUT2D eigenvalue weighted by Gasteiger charge is -2.03. The molecular formula is C10H10N2O. The Balaban J connectivity index is 2.89. The predicted molar refractivity (Wildman–Crippen MR) is 52.6 cm³/mol. The van der Waals surface area contributed by atoms with Gasteiger partial charge in [0.05, 0.1) is 0 Å². The van der Waals surface area contributed by atoms with Crippen molar-refractivity contribution in [2.45, 2.75) is 6.92 Å². The number of benzene rings is 1. The Morgan fingerprint density at radius 3 is 2.92 bits per heavy atom. The van der Waals surface area contributed by atoms with Gasteiger partial charge in [0, 0.05) is 5.39 Å². The van der Waals surface area contributed by atoms with Crippen LogP contribution in [0.3, 0.4) is 0 Å². The quantitative estimate of drug-likeness (QED) is 0.640. The number of nitrogens with two attached hydrogens (primary N) is 1. The van der Waals surface area contributed by atoms with Gasteiger partial charge in [0.15, 0.2) is 0 Å². The molecule has 0 saturated heterocycles. The normalized spacial score (nSPS) is 10.5. The number of anilines is 1. The summed E-state index contributed by atoms with van der Waals surface area (Å²) in [6.45, 7) is 1.89. The first-order chi connectivity index (χ1) is 6.18. The van der Waals surface area contributed by atoms with Crippen molar-refractivity contribution in [2.24, 2.45) is 0 Å². The molecule has 66 valence electrons. The van der Waals surface area contributed by atoms with Crippen molar-refractivity contribution < 1.29 is 5.11 Å². The summed E-state index contributed by atoms with van der Waals surface area (Å²) in [5, 5.41) is 10.4. The van der Waals surface area contributed by atoms with Crippen LogP contribution in [0.5, 0.6) is 5.75 Å². The maximum atomic E-state index is 9.47. The van der Waals surface area contributed by atoms with Gasteiger partial charge in [-0.25, -0.2) is 4.98 Å². The number of nitrogens with zero attached hydrogens (tertiary/aromatic N) is 1. The third kappa shape index (κ3) is 1.18. The van der Waals surface area contributed by atoms with E-state index in [-0.39, 0.29) is 5.75 Å². The first-order valence-electron chi connectivity index (χ1n) is 4.03. The van der Waals surface area contributed by atoms with Crippen LogP contribution in [0.1, 0.15) is 5.56 Å². The predicted octanol–water partition coefficient (Wildman–Crippen LogP) is 1.83. The number of para-hydroxylation sites is 1. The van der Waals surface area contributed by atoms with E-state index in [0.29, 0.717) is 11.3 Å². The molecule has 3 nitrogen and oxygen atoms in total. The first kappa shape index (κ1) is 7.86. The smallest absolute Gasteiger partial charge is 0.141 e. The molecule has 2 aromatic rings. The van der Waals surface area contributed by atoms with Gasteiger partial charge in [-0.3, -0.25) is 0 Å². The van der Waals surface area contributed by atoms with Gasteiger partial charge in [0.1, 0.15) is 17.1 Å². The lowest BCUT2D eigenvalue weighted by atomic mass is 10.1. The molecule has 0 atom stereocenters. The summed E-state index contributed by atoms with van der Waals surface area (Å²) >= 11 is 0. The number of aromatic hydroxyl groups is 1. The summed E-state index contributed by atoms with van der Waals surface area (Å²) < 4.78 is 0. The number of phenolic OH excluding ortho intramolecular Hbond substituents is 1. The van der Waals surface area contributed by atoms with Crippen LogP contribution in [0, 0.1) is 6.92 Å². The van der Waals surface area contributed by atoms with Crippen molar-refractivity contribution in [1.29, 1.82) is 0 Å². The van der Waals surface area contributed by atoms with E-state index in [9.17, 15) is 5.11 Å². The fraction of sp³-hybridized carbons (Fsp3) is 0.100. The second kappa shape index (κ2) is 2.62. The molecule has 3 N–H and O–H groups in total. The molecule has 0 radical (unpaired) electrons. The van der Waals surface area contributed by atoms with Crippen LogP contribution >= 0.6 is 0 Å². The van der Waals surface area contributed by atoms with Crippen molar-refractivity contribution in [2.75, 3.05) is 5.73 Å². The molecule has 0 unspecified atom stereocenters. The van der Waals surface area contributed by atoms with E-state index >= 15 is 0 Å². The highest BCUT2D eigenvalue weighted by atomic mass is 16.3. The van der Waals surface area contributed by atoms with E-state index in [1.54, 1.807) is 12.1 Å². The summed E-state index contributed by atoms with van der Waals surface area (Å²) in [7, 11) is 0. The minimum atomic E-state index is 0.171. The van der Waals surface area contributed by atoms with Gasteiger partial charge in [-0.05, 0) is 24.6 Å². The first-order valence-corrected chi connectivity index (χ1v) is 4.03. The number of aromatic nitrogens is 1. The maximum Gasteiger partial charge on any atom is 0.141 e. The van der Waals surface area contributed by atoms with Gasteiger partial charge in [-0.15, -0.1) is 0 Å². The number of fused-ring (bicyclic) bond motifs is 1. The van der Waals surface area contributed by atoms with Crippen molar-refractivity contribution >= 4 is 16.7 Å². The Labute approximate surface area is 75.8 Å². The molecule has 0 saturated carbocycles. The Hall–Kier alpha value is -1.77. The fourth-order valence-electron chi connectivity index (χ4n) is 1.30. The number of hydrogen-bond acceptors (Lipinski definition) is 3. The Morgan fingerprint density at radius 2 is 2.15 bits per heavy atom. The lowest BCUT2D eigenvalue weighted by Crippen LogP contribution is -1.94. The van der Waals surface area contributed by atoms with Crippen LogP contribution in [-0.4, -0.2) is 10.1 Å². The molecule has 0 spiro atoms. The molecule has 0 fully saturated rings. The van der Waals surface area contributed by atoms with Crippen molar-refractivity contribution in [3.8, 4) is 5.75 Å². The largest absolute Gasteiger partial charge is 0.506 e. The number of rotatable bonds is 0. The van der Waals surface area contributed by atoms with Gasteiger partial charge >= 0.3 is 0 Å². The van der Waals surface area contributed by atoms with Gasteiger partial charge in [-0.2, -0.15) is 0 Å². The SMILES string of the molecule is Cc1cc2cccc(O)c2nc1N. The second-order valence-electron chi connectivity index (χ2n) is 3.04. The Kier molecular flexibility index (Phi) is 1.59. The van der Waals surface area contributed by atoms with E-state index in [4.69, 9.17) is 5.73 Å². The second-order valence-corrected chi connectivity index (χ2v) is 3.04. The highest BCUT2D eigenvalue weighted by Gasteiger charge is 2.02. The highest BCUT2D eigenvalue weighted by Crippen LogP contribution is 2.24. The van der Waals surface area contributed by atoms with E-state index < -0.39 is 0 Å². The summed E-state index contributed by atoms with van der Waals surface area (Å²) in [5.41, 5.74) is 7.12. The Bertz CT molecular complexity index is 466. The average molecular weight is 174 g/mol. The number of nitrogen functional groups attached to an aromatic ring is 1. The zero-order valence-electron chi connectivity index (χ0n) is 7.28. The molecule has 0 aliphatic carbocycles. The van der Waals surface area contributed by atoms with Crippen LogP contribution in [0.15, 0.2) is 24.3 Å². The lowest BCUT2D eigenvalue weighted by molar-refractivity contribution is 0.480. The van der Waals surface area contributed by atoms with Crippen LogP contribution < -0.4 is 5.73 Å². The van der Waals surface area contributed by atoms with Gasteiger partial charge < -0.3 is 10.8 Å². The van der Waals surface area contributed by atoms with Gasteiger partial charge in [0.2, 0.25) is 0 Å². The molecule has 0 bridgehead atoms. The molecule has 3 heteroatoms. The maximum absolute atomic E-state index is 9.47. The van der Waals surface area contributed by atoms with E-state index in [0.717, 1.165) is 10.9 Å². The minimum Gasteiger partial charge on any atom is -0.506 e. The molecule has 0 aliphatic heterocycles. The highest BCUT2D eigenvalue weighted by molar-refractivity contribution is 5.86. The zero-order chi connectivity index (χ0) is 9.42. The topological polar surface area (TPSA) is 59.1 Å². The van der Waals surface area contributed by atoms with Crippen LogP contribution in [0.25, 0.3) is 10.9 Å². The fourth-order valence-corrected chi connectivity index (χ4v) is 1.30. The van der Waals surface area contributed by atoms with Gasteiger partial charge in [-0.1, -0.05) is 12.1 Å². The Morgan fingerprint density at radius 1 is 1.38 bits per heavy atom. The average Bonchev–Trinajstić information content (AvgIpc) is 2.09. The monoisotopic (exact) mass is 174 g/mol. The zero-order valence-corrected chi connectivity index (χ0v) is 7.28. The summed E-state index contributed by atoms with van der Waals surface area (Å²) in [4.78, 5) is 4.10. The van der Waals surface area contributed by atoms with Crippen molar-refractivity contribution in [3.63, 3.8) is 0 Å². The molecule has 0 amide bonds. The molecule has 2 rings (SSSR count). The van der Waals surface area contributed by atoms with Crippen molar-refractivity contribution in [1.82, 2.24) is 4.98 Å². The van der Waals surface area contributed by atoms with Crippen LogP contribution in [-0.2, 0) is 0 Å². The summed E-state index contributed by atoms with van der Waals surface area (Å²) in [6, 6.07) is 7.20. The molecule has 1 aromatic carbocycles. The number of aryl methyl sites for hydroxylation is 1. The molecule has 1 heterocycles. The summed E-state index contributed by atoms with van der Waals surface area (Å²) in [5.74, 6) is 0.637. The summed E-state index contributed by atoms with van der Waals surface area (Å²) in [6.07, 6.45) is 0. The van der Waals surface area contributed by atoms with E-state index in [2.05, 4.69) is 4.98 Å². The standard InChI is InChI=1S/C10H10N2O/c1-6-5-7-3-2-4-8(13)9(7)12-10(6)11/h2-5,13H,1H3,(H2,11,12). The van der Waals surface area contributed by atoms with Crippen molar-refractivity contribution in [3.05, 3.63) is 29.8 Å². The molecule has 0 aliphatic rings. The number of pyridine rings is 1. The molecular weight excluding hydrogens is 164 g/mol. The third-order valence-corrected chi connectivity index (χ3v) is 2.05. The van der Waals surface area contributed by atoms with Gasteiger partial charge in [0.25, 0.3) is 0 Å².